The minimum Gasteiger partial charge on any atom is -0.381 e. The summed E-state index contributed by atoms with van der Waals surface area (Å²) in [4.78, 5) is 12.1. The molecule has 1 aliphatic rings. The molecular weight excluding hydrogens is 309 g/mol. The van der Waals surface area contributed by atoms with Crippen LogP contribution >= 0.6 is 0 Å². The van der Waals surface area contributed by atoms with Crippen molar-refractivity contribution in [1.82, 2.24) is 0 Å². The number of hydrogen-bond donors (Lipinski definition) is 2. The maximum atomic E-state index is 12.2. The van der Waals surface area contributed by atoms with Crippen LogP contribution in [0.25, 0.3) is 0 Å². The molecule has 1 aliphatic heterocycles. The van der Waals surface area contributed by atoms with Gasteiger partial charge in [-0.25, -0.2) is 0 Å². The van der Waals surface area contributed by atoms with Crippen LogP contribution in [-0.2, 0) is 16.0 Å². The van der Waals surface area contributed by atoms with Gasteiger partial charge in [0.1, 0.15) is 0 Å². The van der Waals surface area contributed by atoms with E-state index in [1.165, 1.54) is 0 Å². The molecule has 0 spiro atoms. The van der Waals surface area contributed by atoms with Crippen molar-refractivity contribution in [2.75, 3.05) is 18.5 Å². The Morgan fingerprint density at radius 3 is 2.43 bits per heavy atom. The van der Waals surface area contributed by atoms with Gasteiger partial charge in [-0.15, -0.1) is 0 Å². The van der Waals surface area contributed by atoms with Crippen LogP contribution in [0.2, 0.25) is 0 Å². The largest absolute Gasteiger partial charge is 0.389 e. The molecule has 128 valence electrons. The van der Waals surface area contributed by atoms with E-state index < -0.39 is 18.6 Å². The number of carbonyl (C=O) groups is 1. The highest BCUT2D eigenvalue weighted by Crippen LogP contribution is 2.23. The summed E-state index contributed by atoms with van der Waals surface area (Å²) in [6.07, 6.45) is -3.58. The minimum absolute atomic E-state index is 0.0701. The topological polar surface area (TPSA) is 64.4 Å². The van der Waals surface area contributed by atoms with Gasteiger partial charge in [0, 0.05) is 25.3 Å². The van der Waals surface area contributed by atoms with Gasteiger partial charge in [0.05, 0.1) is 6.04 Å². The molecule has 1 fully saturated rings. The van der Waals surface area contributed by atoms with Gasteiger partial charge < -0.3 is 15.8 Å². The fourth-order valence-electron chi connectivity index (χ4n) is 2.56. The summed E-state index contributed by atoms with van der Waals surface area (Å²) >= 11 is 0. The zero-order chi connectivity index (χ0) is 16.9. The zero-order valence-corrected chi connectivity index (χ0v) is 12.7. The molecule has 1 atom stereocenters. The summed E-state index contributed by atoms with van der Waals surface area (Å²) in [6, 6.07) is 5.76. The summed E-state index contributed by atoms with van der Waals surface area (Å²) in [5.41, 5.74) is 7.09. The predicted octanol–water partition coefficient (Wildman–Crippen LogP) is 2.87. The predicted molar refractivity (Wildman–Crippen MR) is 81.0 cm³/mol. The Morgan fingerprint density at radius 2 is 1.87 bits per heavy atom. The third kappa shape index (κ3) is 5.84. The Hall–Kier alpha value is -1.60. The smallest absolute Gasteiger partial charge is 0.381 e. The van der Waals surface area contributed by atoms with Crippen LogP contribution in [0.4, 0.5) is 18.9 Å². The number of benzene rings is 1. The van der Waals surface area contributed by atoms with E-state index in [2.05, 4.69) is 5.32 Å². The zero-order valence-electron chi connectivity index (χ0n) is 12.7. The first-order chi connectivity index (χ1) is 10.8. The molecule has 0 radical (unpaired) electrons. The Bertz CT molecular complexity index is 511. The van der Waals surface area contributed by atoms with Gasteiger partial charge in [0.25, 0.3) is 0 Å². The molecule has 1 heterocycles. The van der Waals surface area contributed by atoms with Crippen molar-refractivity contribution in [2.45, 2.75) is 37.9 Å². The Labute approximate surface area is 133 Å². The molecule has 4 nitrogen and oxygen atoms in total. The van der Waals surface area contributed by atoms with Gasteiger partial charge >= 0.3 is 6.18 Å². The SMILES string of the molecule is NC(C(=O)Nc1ccc(CCC(F)(F)F)cc1)C1CCOCC1. The molecular formula is C16H21F3N2O2. The van der Waals surface area contributed by atoms with Crippen LogP contribution in [0, 0.1) is 5.92 Å². The van der Waals surface area contributed by atoms with Crippen LogP contribution in [-0.4, -0.2) is 31.3 Å². The van der Waals surface area contributed by atoms with Crippen molar-refractivity contribution in [1.29, 1.82) is 0 Å². The Kier molecular flexibility index (Phi) is 6.01. The van der Waals surface area contributed by atoms with Crippen LogP contribution in [0.1, 0.15) is 24.8 Å². The first kappa shape index (κ1) is 17.7. The molecule has 2 rings (SSSR count). The molecule has 0 bridgehead atoms. The highest BCUT2D eigenvalue weighted by Gasteiger charge is 2.27. The number of aryl methyl sites for hydroxylation is 1. The van der Waals surface area contributed by atoms with Gasteiger partial charge in [-0.05, 0) is 42.9 Å². The van der Waals surface area contributed by atoms with Gasteiger partial charge in [-0.2, -0.15) is 13.2 Å². The average Bonchev–Trinajstić information content (AvgIpc) is 2.53. The molecule has 7 heteroatoms. The number of halogens is 3. The van der Waals surface area contributed by atoms with E-state index >= 15 is 0 Å². The number of alkyl halides is 3. The number of anilines is 1. The summed E-state index contributed by atoms with van der Waals surface area (Å²) in [5.74, 6) is -0.185. The van der Waals surface area contributed by atoms with E-state index in [-0.39, 0.29) is 18.2 Å². The van der Waals surface area contributed by atoms with Crippen molar-refractivity contribution in [3.8, 4) is 0 Å². The molecule has 0 aliphatic carbocycles. The summed E-state index contributed by atoms with van der Waals surface area (Å²) < 4.78 is 41.8. The normalized spacial score (nSPS) is 17.7. The maximum Gasteiger partial charge on any atom is 0.389 e. The molecule has 1 unspecified atom stereocenters. The molecule has 0 aromatic heterocycles. The highest BCUT2D eigenvalue weighted by atomic mass is 19.4. The van der Waals surface area contributed by atoms with Gasteiger partial charge in [-0.1, -0.05) is 12.1 Å². The number of nitrogens with one attached hydrogen (secondary N) is 1. The summed E-state index contributed by atoms with van der Waals surface area (Å²) in [5, 5.41) is 2.71. The van der Waals surface area contributed by atoms with E-state index in [4.69, 9.17) is 10.5 Å². The Morgan fingerprint density at radius 1 is 1.26 bits per heavy atom. The first-order valence-corrected chi connectivity index (χ1v) is 7.65. The quantitative estimate of drug-likeness (QED) is 0.872. The fourth-order valence-corrected chi connectivity index (χ4v) is 2.56. The second-order valence-corrected chi connectivity index (χ2v) is 5.78. The van der Waals surface area contributed by atoms with Crippen LogP contribution in [0.5, 0.6) is 0 Å². The lowest BCUT2D eigenvalue weighted by atomic mass is 9.92. The molecule has 1 saturated heterocycles. The lowest BCUT2D eigenvalue weighted by Crippen LogP contribution is -2.43. The molecule has 1 aromatic rings. The summed E-state index contributed by atoms with van der Waals surface area (Å²) in [7, 11) is 0. The van der Waals surface area contributed by atoms with Crippen LogP contribution in [0.15, 0.2) is 24.3 Å². The average molecular weight is 330 g/mol. The van der Waals surface area contributed by atoms with Gasteiger partial charge in [0.15, 0.2) is 0 Å². The molecule has 1 amide bonds. The van der Waals surface area contributed by atoms with Crippen molar-refractivity contribution in [2.24, 2.45) is 11.7 Å². The molecule has 1 aromatic carbocycles. The first-order valence-electron chi connectivity index (χ1n) is 7.65. The van der Waals surface area contributed by atoms with Crippen LogP contribution < -0.4 is 11.1 Å². The number of amides is 1. The molecule has 0 saturated carbocycles. The number of hydrogen-bond acceptors (Lipinski definition) is 3. The van der Waals surface area contributed by atoms with E-state index in [1.54, 1.807) is 24.3 Å². The van der Waals surface area contributed by atoms with E-state index in [0.717, 1.165) is 12.8 Å². The third-order valence-corrected chi connectivity index (χ3v) is 4.00. The second kappa shape index (κ2) is 7.79. The summed E-state index contributed by atoms with van der Waals surface area (Å²) in [6.45, 7) is 1.22. The standard InChI is InChI=1S/C16H21F3N2O2/c17-16(18,19)8-5-11-1-3-13(4-2-11)21-15(22)14(20)12-6-9-23-10-7-12/h1-4,12,14H,5-10,20H2,(H,21,22). The highest BCUT2D eigenvalue weighted by molar-refractivity contribution is 5.94. The third-order valence-electron chi connectivity index (χ3n) is 4.00. The Balaban J connectivity index is 1.86. The van der Waals surface area contributed by atoms with E-state index in [0.29, 0.717) is 24.5 Å². The second-order valence-electron chi connectivity index (χ2n) is 5.78. The van der Waals surface area contributed by atoms with Crippen molar-refractivity contribution >= 4 is 11.6 Å². The number of ether oxygens (including phenoxy) is 1. The molecule has 3 N–H and O–H groups in total. The maximum absolute atomic E-state index is 12.2. The van der Waals surface area contributed by atoms with E-state index in [1.807, 2.05) is 0 Å². The number of carbonyl (C=O) groups excluding carboxylic acids is 1. The molecule has 23 heavy (non-hydrogen) atoms. The van der Waals surface area contributed by atoms with Crippen LogP contribution in [0.3, 0.4) is 0 Å². The number of nitrogens with two attached hydrogens (primary N) is 1. The lowest BCUT2D eigenvalue weighted by Gasteiger charge is -2.26. The van der Waals surface area contributed by atoms with E-state index in [9.17, 15) is 18.0 Å². The van der Waals surface area contributed by atoms with Crippen molar-refractivity contribution < 1.29 is 22.7 Å². The van der Waals surface area contributed by atoms with Gasteiger partial charge in [-0.3, -0.25) is 4.79 Å². The number of rotatable bonds is 5. The monoisotopic (exact) mass is 330 g/mol. The minimum atomic E-state index is -4.16. The van der Waals surface area contributed by atoms with Gasteiger partial charge in [0.2, 0.25) is 5.91 Å². The van der Waals surface area contributed by atoms with Crippen molar-refractivity contribution in [3.63, 3.8) is 0 Å². The van der Waals surface area contributed by atoms with Crippen molar-refractivity contribution in [3.05, 3.63) is 29.8 Å². The lowest BCUT2D eigenvalue weighted by molar-refractivity contribution is -0.134. The fraction of sp³-hybridized carbons (Fsp3) is 0.562.